The zero-order valence-electron chi connectivity index (χ0n) is 18.4. The van der Waals surface area contributed by atoms with E-state index in [-0.39, 0.29) is 5.82 Å². The van der Waals surface area contributed by atoms with Gasteiger partial charge < -0.3 is 24.3 Å². The molecule has 0 saturated heterocycles. The van der Waals surface area contributed by atoms with Gasteiger partial charge in [0.15, 0.2) is 17.3 Å². The molecule has 0 unspecified atom stereocenters. The number of hydrogen-bond donors (Lipinski definition) is 3. The number of benzene rings is 2. The largest absolute Gasteiger partial charge is 0.497 e. The van der Waals surface area contributed by atoms with Crippen LogP contribution in [0.4, 0.5) is 0 Å². The summed E-state index contributed by atoms with van der Waals surface area (Å²) in [6, 6.07) is 10.4. The van der Waals surface area contributed by atoms with Crippen LogP contribution >= 0.6 is 0 Å². The van der Waals surface area contributed by atoms with E-state index in [0.717, 1.165) is 0 Å². The molecule has 0 spiro atoms. The Hall–Kier alpha value is -4.32. The number of carbonyl (C=O) groups is 2. The van der Waals surface area contributed by atoms with Crippen LogP contribution in [0.15, 0.2) is 36.4 Å². The molecule has 174 valence electrons. The predicted octanol–water partition coefficient (Wildman–Crippen LogP) is 1.20. The Morgan fingerprint density at radius 3 is 2.27 bits per heavy atom. The molecule has 0 saturated carbocycles. The van der Waals surface area contributed by atoms with Gasteiger partial charge in [0.05, 0.1) is 40.7 Å². The van der Waals surface area contributed by atoms with Gasteiger partial charge in [0.2, 0.25) is 11.6 Å². The average molecular weight is 457 g/mol. The van der Waals surface area contributed by atoms with Gasteiger partial charge in [-0.05, 0) is 24.3 Å². The summed E-state index contributed by atoms with van der Waals surface area (Å²) in [7, 11) is 5.99. The summed E-state index contributed by atoms with van der Waals surface area (Å²) in [5.74, 6) is 0.324. The third-order valence-corrected chi connectivity index (χ3v) is 4.57. The van der Waals surface area contributed by atoms with Crippen molar-refractivity contribution in [2.75, 3.05) is 35.0 Å². The van der Waals surface area contributed by atoms with Crippen LogP contribution in [0.2, 0.25) is 0 Å². The number of nitrogens with zero attached hydrogens (tertiary/aromatic N) is 3. The van der Waals surface area contributed by atoms with Crippen LogP contribution in [0.1, 0.15) is 10.6 Å². The van der Waals surface area contributed by atoms with Gasteiger partial charge in [0.1, 0.15) is 5.75 Å². The SMILES string of the molecule is COc1cccc(-n2nc(C(=O)NCC(=O)NO)nc2-c2cc(OC)c(OC)c(OC)c2)c1. The number of methoxy groups -OCH3 is 4. The Labute approximate surface area is 189 Å². The van der Waals surface area contributed by atoms with Crippen LogP contribution in [0.25, 0.3) is 17.1 Å². The van der Waals surface area contributed by atoms with Crippen molar-refractivity contribution in [1.29, 1.82) is 0 Å². The molecule has 0 aliphatic rings. The van der Waals surface area contributed by atoms with E-state index in [1.54, 1.807) is 36.4 Å². The Bertz CT molecular complexity index is 1140. The van der Waals surface area contributed by atoms with Crippen molar-refractivity contribution in [2.24, 2.45) is 0 Å². The summed E-state index contributed by atoms with van der Waals surface area (Å²) in [4.78, 5) is 28.2. The maximum Gasteiger partial charge on any atom is 0.291 e. The first-order valence-electron chi connectivity index (χ1n) is 9.58. The number of hydrogen-bond acceptors (Lipinski definition) is 9. The van der Waals surface area contributed by atoms with Crippen molar-refractivity contribution in [1.82, 2.24) is 25.6 Å². The molecule has 3 rings (SSSR count). The summed E-state index contributed by atoms with van der Waals surface area (Å²) < 4.78 is 23.0. The number of hydroxylamine groups is 1. The van der Waals surface area contributed by atoms with Gasteiger partial charge in [0, 0.05) is 11.6 Å². The lowest BCUT2D eigenvalue weighted by Gasteiger charge is -2.14. The molecule has 0 aliphatic heterocycles. The van der Waals surface area contributed by atoms with E-state index >= 15 is 0 Å². The number of carbonyl (C=O) groups excluding carboxylic acids is 2. The molecule has 3 aromatic rings. The molecular formula is C21H23N5O7. The van der Waals surface area contributed by atoms with Crippen molar-refractivity contribution in [3.63, 3.8) is 0 Å². The molecular weight excluding hydrogens is 434 g/mol. The van der Waals surface area contributed by atoms with E-state index in [9.17, 15) is 9.59 Å². The van der Waals surface area contributed by atoms with Crippen LogP contribution in [-0.4, -0.2) is 66.8 Å². The Balaban J connectivity index is 2.16. The number of amides is 2. The molecule has 12 nitrogen and oxygen atoms in total. The number of aromatic nitrogens is 3. The van der Waals surface area contributed by atoms with Gasteiger partial charge >= 0.3 is 0 Å². The fourth-order valence-corrected chi connectivity index (χ4v) is 3.01. The van der Waals surface area contributed by atoms with Gasteiger partial charge in [0.25, 0.3) is 11.8 Å². The highest BCUT2D eigenvalue weighted by molar-refractivity contribution is 5.93. The fraction of sp³-hybridized carbons (Fsp3) is 0.238. The molecule has 1 heterocycles. The van der Waals surface area contributed by atoms with Crippen LogP contribution in [-0.2, 0) is 4.79 Å². The van der Waals surface area contributed by atoms with Crippen LogP contribution < -0.4 is 29.7 Å². The highest BCUT2D eigenvalue weighted by Crippen LogP contribution is 2.41. The first-order valence-corrected chi connectivity index (χ1v) is 9.58. The van der Waals surface area contributed by atoms with Gasteiger partial charge in [-0.3, -0.25) is 14.8 Å². The molecule has 2 aromatic carbocycles. The quantitative estimate of drug-likeness (QED) is 0.319. The molecule has 0 radical (unpaired) electrons. The summed E-state index contributed by atoms with van der Waals surface area (Å²) in [5.41, 5.74) is 2.52. The molecule has 2 amide bonds. The predicted molar refractivity (Wildman–Crippen MR) is 115 cm³/mol. The smallest absolute Gasteiger partial charge is 0.291 e. The van der Waals surface area contributed by atoms with E-state index in [1.807, 2.05) is 0 Å². The molecule has 33 heavy (non-hydrogen) atoms. The van der Waals surface area contributed by atoms with Gasteiger partial charge in [-0.1, -0.05) is 6.07 Å². The second kappa shape index (κ2) is 10.3. The summed E-state index contributed by atoms with van der Waals surface area (Å²) in [6.07, 6.45) is 0. The second-order valence-electron chi connectivity index (χ2n) is 6.50. The first-order chi connectivity index (χ1) is 15.9. The minimum atomic E-state index is -0.791. The number of nitrogens with one attached hydrogen (secondary N) is 2. The van der Waals surface area contributed by atoms with E-state index in [4.69, 9.17) is 24.2 Å². The number of ether oxygens (including phenoxy) is 4. The average Bonchev–Trinajstić information content (AvgIpc) is 3.31. The zero-order valence-corrected chi connectivity index (χ0v) is 18.4. The van der Waals surface area contributed by atoms with E-state index in [0.29, 0.717) is 40.1 Å². The van der Waals surface area contributed by atoms with Crippen LogP contribution in [0.5, 0.6) is 23.0 Å². The molecule has 0 bridgehead atoms. The Kier molecular flexibility index (Phi) is 7.31. The normalized spacial score (nSPS) is 10.3. The Morgan fingerprint density at radius 2 is 1.70 bits per heavy atom. The highest BCUT2D eigenvalue weighted by atomic mass is 16.5. The standard InChI is InChI=1S/C21H23N5O7/c1-30-14-7-5-6-13(10-14)26-20(23-19(24-26)21(28)22-11-17(27)25-29)12-8-15(31-2)18(33-4)16(9-12)32-3/h5-10,29H,11H2,1-4H3,(H,22,28)(H,25,27). The molecule has 1 aromatic heterocycles. The van der Waals surface area contributed by atoms with Gasteiger partial charge in [-0.15, -0.1) is 5.10 Å². The van der Waals surface area contributed by atoms with Gasteiger partial charge in [-0.2, -0.15) is 0 Å². The van der Waals surface area contributed by atoms with Crippen LogP contribution in [0.3, 0.4) is 0 Å². The zero-order chi connectivity index (χ0) is 24.0. The fourth-order valence-electron chi connectivity index (χ4n) is 3.01. The molecule has 0 fully saturated rings. The summed E-state index contributed by atoms with van der Waals surface area (Å²) in [6.45, 7) is -0.456. The molecule has 0 aliphatic carbocycles. The van der Waals surface area contributed by atoms with Gasteiger partial charge in [-0.25, -0.2) is 15.1 Å². The summed E-state index contributed by atoms with van der Waals surface area (Å²) in [5, 5.41) is 15.3. The minimum Gasteiger partial charge on any atom is -0.497 e. The van der Waals surface area contributed by atoms with Crippen molar-refractivity contribution in [2.45, 2.75) is 0 Å². The molecule has 0 atom stereocenters. The van der Waals surface area contributed by atoms with E-state index in [2.05, 4.69) is 15.4 Å². The lowest BCUT2D eigenvalue weighted by Crippen LogP contribution is -2.35. The third-order valence-electron chi connectivity index (χ3n) is 4.57. The lowest BCUT2D eigenvalue weighted by atomic mass is 10.1. The van der Waals surface area contributed by atoms with E-state index in [1.165, 1.54) is 38.6 Å². The maximum atomic E-state index is 12.6. The topological polar surface area (TPSA) is 146 Å². The Morgan fingerprint density at radius 1 is 1.00 bits per heavy atom. The molecule has 3 N–H and O–H groups in total. The first kappa shape index (κ1) is 23.3. The monoisotopic (exact) mass is 457 g/mol. The number of rotatable bonds is 9. The van der Waals surface area contributed by atoms with Crippen LogP contribution in [0, 0.1) is 0 Å². The van der Waals surface area contributed by atoms with Crippen molar-refractivity contribution in [3.8, 4) is 40.1 Å². The minimum absolute atomic E-state index is 0.202. The highest BCUT2D eigenvalue weighted by Gasteiger charge is 2.22. The van der Waals surface area contributed by atoms with Crippen molar-refractivity contribution >= 4 is 11.8 Å². The second-order valence-corrected chi connectivity index (χ2v) is 6.50. The maximum absolute atomic E-state index is 12.6. The molecule has 12 heteroatoms. The van der Waals surface area contributed by atoms with E-state index < -0.39 is 18.4 Å². The lowest BCUT2D eigenvalue weighted by molar-refractivity contribution is -0.128. The summed E-state index contributed by atoms with van der Waals surface area (Å²) >= 11 is 0. The van der Waals surface area contributed by atoms with Crippen molar-refractivity contribution in [3.05, 3.63) is 42.2 Å². The van der Waals surface area contributed by atoms with Crippen molar-refractivity contribution < 1.29 is 33.7 Å². The third kappa shape index (κ3) is 4.96.